The van der Waals surface area contributed by atoms with E-state index in [-0.39, 0.29) is 29.2 Å². The standard InChI is InChI=1S/C19H22FN3O3/c1-13(9-14-3-2-4-16(20)10-14)18(24)22-7-5-17(6-8-22)23-12-15(11-21-23)19(25)26/h2-4,10-13,17H,5-9H2,1H3,(H,25,26). The van der Waals surface area contributed by atoms with Gasteiger partial charge in [0.15, 0.2) is 0 Å². The number of carbonyl (C=O) groups excluding carboxylic acids is 1. The third-order valence-electron chi connectivity index (χ3n) is 4.85. The zero-order valence-electron chi connectivity index (χ0n) is 14.6. The summed E-state index contributed by atoms with van der Waals surface area (Å²) in [6, 6.07) is 6.45. The number of carboxylic acids is 1. The van der Waals surface area contributed by atoms with E-state index in [2.05, 4.69) is 5.10 Å². The zero-order chi connectivity index (χ0) is 18.7. The van der Waals surface area contributed by atoms with Crippen LogP contribution in [0.1, 0.15) is 41.7 Å². The lowest BCUT2D eigenvalue weighted by Gasteiger charge is -2.33. The maximum atomic E-state index is 13.3. The topological polar surface area (TPSA) is 75.4 Å². The van der Waals surface area contributed by atoms with Crippen LogP contribution in [0.25, 0.3) is 0 Å². The van der Waals surface area contributed by atoms with Crippen LogP contribution in [0.15, 0.2) is 36.7 Å². The van der Waals surface area contributed by atoms with E-state index in [0.29, 0.717) is 19.5 Å². The number of benzene rings is 1. The molecular weight excluding hydrogens is 337 g/mol. The van der Waals surface area contributed by atoms with Crippen molar-refractivity contribution in [3.8, 4) is 0 Å². The Morgan fingerprint density at radius 1 is 1.35 bits per heavy atom. The van der Waals surface area contributed by atoms with Gasteiger partial charge in [-0.25, -0.2) is 9.18 Å². The number of carboxylic acid groups (broad SMARTS) is 1. The fraction of sp³-hybridized carbons (Fsp3) is 0.421. The highest BCUT2D eigenvalue weighted by molar-refractivity contribution is 5.86. The van der Waals surface area contributed by atoms with Crippen LogP contribution in [-0.2, 0) is 11.2 Å². The number of rotatable bonds is 5. The highest BCUT2D eigenvalue weighted by atomic mass is 19.1. The van der Waals surface area contributed by atoms with Gasteiger partial charge in [0.1, 0.15) is 5.82 Å². The third-order valence-corrected chi connectivity index (χ3v) is 4.85. The third kappa shape index (κ3) is 4.09. The average molecular weight is 359 g/mol. The van der Waals surface area contributed by atoms with Gasteiger partial charge in [0.2, 0.25) is 5.91 Å². The second-order valence-corrected chi connectivity index (χ2v) is 6.81. The summed E-state index contributed by atoms with van der Waals surface area (Å²) in [6.45, 7) is 3.09. The molecule has 1 aliphatic rings. The molecule has 1 saturated heterocycles. The van der Waals surface area contributed by atoms with Gasteiger partial charge in [0, 0.05) is 25.2 Å². The number of hydrogen-bond donors (Lipinski definition) is 1. The molecule has 3 rings (SSSR count). The molecule has 0 saturated carbocycles. The summed E-state index contributed by atoms with van der Waals surface area (Å²) in [5, 5.41) is 13.1. The van der Waals surface area contributed by atoms with Gasteiger partial charge in [-0.1, -0.05) is 19.1 Å². The Bertz CT molecular complexity index is 797. The number of nitrogens with zero attached hydrogens (tertiary/aromatic N) is 3. The van der Waals surface area contributed by atoms with Gasteiger partial charge in [-0.2, -0.15) is 5.10 Å². The Hall–Kier alpha value is -2.70. The quantitative estimate of drug-likeness (QED) is 0.891. The molecule has 6 nitrogen and oxygen atoms in total. The van der Waals surface area contributed by atoms with Gasteiger partial charge in [-0.3, -0.25) is 9.48 Å². The van der Waals surface area contributed by atoms with Gasteiger partial charge in [0.05, 0.1) is 17.8 Å². The molecule has 1 fully saturated rings. The SMILES string of the molecule is CC(Cc1cccc(F)c1)C(=O)N1CCC(n2cc(C(=O)O)cn2)CC1. The van der Waals surface area contributed by atoms with Gasteiger partial charge in [0.25, 0.3) is 0 Å². The van der Waals surface area contributed by atoms with E-state index in [4.69, 9.17) is 5.11 Å². The molecule has 0 radical (unpaired) electrons. The zero-order valence-corrected chi connectivity index (χ0v) is 14.6. The average Bonchev–Trinajstić information content (AvgIpc) is 3.12. The summed E-state index contributed by atoms with van der Waals surface area (Å²) in [7, 11) is 0. The van der Waals surface area contributed by atoms with Crippen LogP contribution >= 0.6 is 0 Å². The normalized spacial score (nSPS) is 16.5. The molecule has 7 heteroatoms. The van der Waals surface area contributed by atoms with Crippen LogP contribution in [0.4, 0.5) is 4.39 Å². The monoisotopic (exact) mass is 359 g/mol. The van der Waals surface area contributed by atoms with E-state index in [1.165, 1.54) is 24.5 Å². The first-order valence-electron chi connectivity index (χ1n) is 8.74. The fourth-order valence-corrected chi connectivity index (χ4v) is 3.42. The Morgan fingerprint density at radius 2 is 2.08 bits per heavy atom. The lowest BCUT2D eigenvalue weighted by Crippen LogP contribution is -2.42. The molecule has 2 heterocycles. The van der Waals surface area contributed by atoms with Gasteiger partial charge in [-0.15, -0.1) is 0 Å². The summed E-state index contributed by atoms with van der Waals surface area (Å²) >= 11 is 0. The molecule has 1 aliphatic heterocycles. The van der Waals surface area contributed by atoms with Crippen LogP contribution in [-0.4, -0.2) is 44.8 Å². The number of aromatic carboxylic acids is 1. The minimum atomic E-state index is -0.991. The minimum absolute atomic E-state index is 0.0689. The van der Waals surface area contributed by atoms with Crippen molar-refractivity contribution in [2.45, 2.75) is 32.2 Å². The summed E-state index contributed by atoms with van der Waals surface area (Å²) < 4.78 is 15.0. The smallest absolute Gasteiger partial charge is 0.338 e. The van der Waals surface area contributed by atoms with Crippen molar-refractivity contribution in [1.82, 2.24) is 14.7 Å². The van der Waals surface area contributed by atoms with Crippen molar-refractivity contribution in [2.75, 3.05) is 13.1 Å². The number of halogens is 1. The number of likely N-dealkylation sites (tertiary alicyclic amines) is 1. The van der Waals surface area contributed by atoms with E-state index in [0.717, 1.165) is 18.4 Å². The molecule has 138 valence electrons. The predicted octanol–water partition coefficient (Wildman–Crippen LogP) is 2.76. The molecule has 0 bridgehead atoms. The van der Waals surface area contributed by atoms with E-state index in [1.807, 2.05) is 17.9 Å². The molecule has 0 aliphatic carbocycles. The van der Waals surface area contributed by atoms with Crippen molar-refractivity contribution in [3.63, 3.8) is 0 Å². The van der Waals surface area contributed by atoms with Crippen molar-refractivity contribution >= 4 is 11.9 Å². The van der Waals surface area contributed by atoms with Crippen molar-refractivity contribution in [3.05, 3.63) is 53.6 Å². The van der Waals surface area contributed by atoms with Crippen LogP contribution in [0, 0.1) is 11.7 Å². The molecule has 2 aromatic rings. The molecular formula is C19H22FN3O3. The lowest BCUT2D eigenvalue weighted by molar-refractivity contribution is -0.136. The fourth-order valence-electron chi connectivity index (χ4n) is 3.42. The van der Waals surface area contributed by atoms with E-state index in [9.17, 15) is 14.0 Å². The Balaban J connectivity index is 1.55. The molecule has 1 atom stereocenters. The van der Waals surface area contributed by atoms with Gasteiger partial charge < -0.3 is 10.0 Å². The number of piperidine rings is 1. The maximum Gasteiger partial charge on any atom is 0.338 e. The first kappa shape index (κ1) is 18.1. The molecule has 1 N–H and O–H groups in total. The summed E-state index contributed by atoms with van der Waals surface area (Å²) in [5.74, 6) is -1.42. The molecule has 1 aromatic carbocycles. The molecule has 26 heavy (non-hydrogen) atoms. The Morgan fingerprint density at radius 3 is 2.69 bits per heavy atom. The van der Waals surface area contributed by atoms with Crippen molar-refractivity contribution in [2.24, 2.45) is 5.92 Å². The highest BCUT2D eigenvalue weighted by Crippen LogP contribution is 2.24. The number of aromatic nitrogens is 2. The number of hydrogen-bond acceptors (Lipinski definition) is 3. The van der Waals surface area contributed by atoms with Crippen LogP contribution in [0.3, 0.4) is 0 Å². The van der Waals surface area contributed by atoms with E-state index in [1.54, 1.807) is 10.7 Å². The predicted molar refractivity (Wildman–Crippen MR) is 93.3 cm³/mol. The largest absolute Gasteiger partial charge is 0.478 e. The van der Waals surface area contributed by atoms with Gasteiger partial charge >= 0.3 is 5.97 Å². The molecule has 0 spiro atoms. The first-order valence-corrected chi connectivity index (χ1v) is 8.74. The van der Waals surface area contributed by atoms with E-state index < -0.39 is 5.97 Å². The van der Waals surface area contributed by atoms with Crippen molar-refractivity contribution in [1.29, 1.82) is 0 Å². The maximum absolute atomic E-state index is 13.3. The molecule has 1 aromatic heterocycles. The molecule has 1 amide bonds. The van der Waals surface area contributed by atoms with E-state index >= 15 is 0 Å². The summed E-state index contributed by atoms with van der Waals surface area (Å²) in [5.41, 5.74) is 0.991. The number of carbonyl (C=O) groups is 2. The van der Waals surface area contributed by atoms with Crippen LogP contribution < -0.4 is 0 Å². The Labute approximate surface area is 151 Å². The Kier molecular flexibility index (Phi) is 5.35. The molecule has 1 unspecified atom stereocenters. The second-order valence-electron chi connectivity index (χ2n) is 6.81. The van der Waals surface area contributed by atoms with Crippen molar-refractivity contribution < 1.29 is 19.1 Å². The minimum Gasteiger partial charge on any atom is -0.478 e. The summed E-state index contributed by atoms with van der Waals surface area (Å²) in [6.07, 6.45) is 4.87. The van der Waals surface area contributed by atoms with Crippen LogP contribution in [0.5, 0.6) is 0 Å². The second kappa shape index (κ2) is 7.68. The number of amides is 1. The highest BCUT2D eigenvalue weighted by Gasteiger charge is 2.27. The summed E-state index contributed by atoms with van der Waals surface area (Å²) in [4.78, 5) is 25.4. The lowest BCUT2D eigenvalue weighted by atomic mass is 9.97. The first-order chi connectivity index (χ1) is 12.4. The van der Waals surface area contributed by atoms with Gasteiger partial charge in [-0.05, 0) is 37.0 Å². The van der Waals surface area contributed by atoms with Crippen LogP contribution in [0.2, 0.25) is 0 Å².